The molecule has 0 amide bonds. The van der Waals surface area contributed by atoms with Crippen molar-refractivity contribution < 1.29 is 0 Å². The molecule has 0 bridgehead atoms. The van der Waals surface area contributed by atoms with Crippen molar-refractivity contribution in [1.29, 1.82) is 0 Å². The molecule has 98 valence electrons. The molecular formula is C12H23BrN4. The van der Waals surface area contributed by atoms with E-state index in [9.17, 15) is 0 Å². The minimum atomic E-state index is 0.861. The third-order valence-corrected chi connectivity index (χ3v) is 3.47. The van der Waals surface area contributed by atoms with Crippen molar-refractivity contribution in [1.82, 2.24) is 14.7 Å². The van der Waals surface area contributed by atoms with Crippen molar-refractivity contribution in [3.05, 3.63) is 11.3 Å². The van der Waals surface area contributed by atoms with Gasteiger partial charge in [-0.25, -0.2) is 0 Å². The van der Waals surface area contributed by atoms with Crippen LogP contribution in [-0.2, 0) is 12.4 Å². The van der Waals surface area contributed by atoms with E-state index in [1.54, 1.807) is 0 Å². The molecule has 0 unspecified atom stereocenters. The Morgan fingerprint density at radius 1 is 1.24 bits per heavy atom. The zero-order valence-corrected chi connectivity index (χ0v) is 13.1. The van der Waals surface area contributed by atoms with E-state index in [0.29, 0.717) is 0 Å². The van der Waals surface area contributed by atoms with E-state index in [2.05, 4.69) is 58.9 Å². The quantitative estimate of drug-likeness (QED) is 0.751. The van der Waals surface area contributed by atoms with Gasteiger partial charge in [-0.2, -0.15) is 5.10 Å². The second kappa shape index (κ2) is 6.40. The van der Waals surface area contributed by atoms with E-state index < -0.39 is 0 Å². The summed E-state index contributed by atoms with van der Waals surface area (Å²) in [6.45, 7) is 4.23. The minimum Gasteiger partial charge on any atom is -0.360 e. The minimum absolute atomic E-state index is 0.861. The average Bonchev–Trinajstić information content (AvgIpc) is 2.52. The van der Waals surface area contributed by atoms with Crippen LogP contribution in [0.25, 0.3) is 0 Å². The van der Waals surface area contributed by atoms with Crippen LogP contribution in [0.4, 0.5) is 5.82 Å². The third-order valence-electron chi connectivity index (χ3n) is 2.91. The fourth-order valence-electron chi connectivity index (χ4n) is 2.05. The lowest BCUT2D eigenvalue weighted by Gasteiger charge is -2.21. The molecular weight excluding hydrogens is 280 g/mol. The summed E-state index contributed by atoms with van der Waals surface area (Å²) in [6.07, 6.45) is 1.16. The van der Waals surface area contributed by atoms with Gasteiger partial charge in [0.1, 0.15) is 5.82 Å². The summed E-state index contributed by atoms with van der Waals surface area (Å²) in [5.41, 5.74) is 2.40. The molecule has 1 rings (SSSR count). The van der Waals surface area contributed by atoms with Crippen LogP contribution in [0.5, 0.6) is 0 Å². The first-order valence-corrected chi connectivity index (χ1v) is 7.03. The van der Waals surface area contributed by atoms with E-state index >= 15 is 0 Å². The highest BCUT2D eigenvalue weighted by Gasteiger charge is 2.15. The van der Waals surface area contributed by atoms with E-state index in [4.69, 9.17) is 0 Å². The maximum Gasteiger partial charge on any atom is 0.130 e. The molecule has 1 heterocycles. The number of nitrogens with zero attached hydrogens (tertiary/aromatic N) is 4. The van der Waals surface area contributed by atoms with E-state index in [-0.39, 0.29) is 0 Å². The second-order valence-corrected chi connectivity index (χ2v) is 5.28. The van der Waals surface area contributed by atoms with E-state index in [1.165, 1.54) is 11.4 Å². The SMILES string of the molecule is Cc1nn(C)c(N(C)CCCN(C)C)c1CBr. The van der Waals surface area contributed by atoms with Crippen LogP contribution in [0, 0.1) is 6.92 Å². The molecule has 0 saturated heterocycles. The molecule has 0 aromatic carbocycles. The van der Waals surface area contributed by atoms with Crippen molar-refractivity contribution in [2.45, 2.75) is 18.7 Å². The number of rotatable bonds is 6. The number of aromatic nitrogens is 2. The van der Waals surface area contributed by atoms with Crippen LogP contribution in [-0.4, -0.2) is 48.9 Å². The smallest absolute Gasteiger partial charge is 0.130 e. The Balaban J connectivity index is 2.71. The van der Waals surface area contributed by atoms with Crippen LogP contribution < -0.4 is 4.90 Å². The van der Waals surface area contributed by atoms with Gasteiger partial charge in [0.25, 0.3) is 0 Å². The van der Waals surface area contributed by atoms with E-state index in [1.807, 2.05) is 11.7 Å². The maximum absolute atomic E-state index is 4.48. The molecule has 0 fully saturated rings. The van der Waals surface area contributed by atoms with Gasteiger partial charge in [0.15, 0.2) is 0 Å². The molecule has 17 heavy (non-hydrogen) atoms. The van der Waals surface area contributed by atoms with Crippen molar-refractivity contribution in [2.24, 2.45) is 7.05 Å². The summed E-state index contributed by atoms with van der Waals surface area (Å²) in [5.74, 6) is 1.22. The molecule has 0 radical (unpaired) electrons. The maximum atomic E-state index is 4.48. The van der Waals surface area contributed by atoms with Gasteiger partial charge in [-0.05, 0) is 34.0 Å². The van der Waals surface area contributed by atoms with Crippen LogP contribution in [0.2, 0.25) is 0 Å². The van der Waals surface area contributed by atoms with Gasteiger partial charge in [0, 0.05) is 31.5 Å². The molecule has 0 spiro atoms. The van der Waals surface area contributed by atoms with Crippen molar-refractivity contribution in [3.8, 4) is 0 Å². The molecule has 0 atom stereocenters. The fraction of sp³-hybridized carbons (Fsp3) is 0.750. The van der Waals surface area contributed by atoms with Crippen LogP contribution >= 0.6 is 15.9 Å². The van der Waals surface area contributed by atoms with Gasteiger partial charge in [0.2, 0.25) is 0 Å². The largest absolute Gasteiger partial charge is 0.360 e. The lowest BCUT2D eigenvalue weighted by molar-refractivity contribution is 0.401. The Morgan fingerprint density at radius 3 is 2.41 bits per heavy atom. The molecule has 0 saturated carbocycles. The van der Waals surface area contributed by atoms with Crippen molar-refractivity contribution >= 4 is 21.7 Å². The van der Waals surface area contributed by atoms with Gasteiger partial charge < -0.3 is 9.80 Å². The first-order valence-electron chi connectivity index (χ1n) is 5.91. The van der Waals surface area contributed by atoms with Gasteiger partial charge in [0.05, 0.1) is 5.69 Å². The monoisotopic (exact) mass is 302 g/mol. The number of halogens is 1. The van der Waals surface area contributed by atoms with Gasteiger partial charge in [-0.1, -0.05) is 15.9 Å². The van der Waals surface area contributed by atoms with Crippen LogP contribution in [0.3, 0.4) is 0 Å². The Morgan fingerprint density at radius 2 is 1.88 bits per heavy atom. The Kier molecular flexibility index (Phi) is 5.46. The predicted molar refractivity (Wildman–Crippen MR) is 77.0 cm³/mol. The molecule has 0 aliphatic heterocycles. The molecule has 5 heteroatoms. The van der Waals surface area contributed by atoms with Crippen molar-refractivity contribution in [3.63, 3.8) is 0 Å². The zero-order valence-electron chi connectivity index (χ0n) is 11.5. The molecule has 0 aliphatic rings. The highest BCUT2D eigenvalue weighted by atomic mass is 79.9. The van der Waals surface area contributed by atoms with Gasteiger partial charge in [-0.3, -0.25) is 4.68 Å². The molecule has 1 aromatic rings. The lowest BCUT2D eigenvalue weighted by atomic mass is 10.2. The molecule has 0 aliphatic carbocycles. The number of hydrogen-bond donors (Lipinski definition) is 0. The first kappa shape index (κ1) is 14.5. The standard InChI is InChI=1S/C12H23BrN4/c1-10-11(9-13)12(17(5)14-10)16(4)8-6-7-15(2)3/h6-9H2,1-5H3. The van der Waals surface area contributed by atoms with Gasteiger partial charge in [-0.15, -0.1) is 0 Å². The Bertz CT molecular complexity index is 360. The normalized spacial score (nSPS) is 11.2. The average molecular weight is 303 g/mol. The third kappa shape index (κ3) is 3.71. The number of aryl methyl sites for hydroxylation is 2. The summed E-state index contributed by atoms with van der Waals surface area (Å²) in [5, 5.41) is 5.34. The second-order valence-electron chi connectivity index (χ2n) is 4.72. The summed E-state index contributed by atoms with van der Waals surface area (Å²) in [7, 11) is 8.37. The van der Waals surface area contributed by atoms with E-state index in [0.717, 1.165) is 30.5 Å². The summed E-state index contributed by atoms with van der Waals surface area (Å²) in [4.78, 5) is 4.51. The fourth-order valence-corrected chi connectivity index (χ4v) is 2.71. The molecule has 0 N–H and O–H groups in total. The number of alkyl halides is 1. The highest BCUT2D eigenvalue weighted by Crippen LogP contribution is 2.24. The molecule has 1 aromatic heterocycles. The summed E-state index contributed by atoms with van der Waals surface area (Å²) < 4.78 is 1.97. The van der Waals surface area contributed by atoms with Crippen LogP contribution in [0.1, 0.15) is 17.7 Å². The zero-order chi connectivity index (χ0) is 13.0. The summed E-state index contributed by atoms with van der Waals surface area (Å²) in [6, 6.07) is 0. The predicted octanol–water partition coefficient (Wildman–Crippen LogP) is 2.01. The highest BCUT2D eigenvalue weighted by molar-refractivity contribution is 9.08. The summed E-state index contributed by atoms with van der Waals surface area (Å²) >= 11 is 3.54. The Labute approximate surface area is 113 Å². The molecule has 4 nitrogen and oxygen atoms in total. The van der Waals surface area contributed by atoms with Gasteiger partial charge >= 0.3 is 0 Å². The Hall–Kier alpha value is -0.550. The first-order chi connectivity index (χ1) is 7.97. The van der Waals surface area contributed by atoms with Crippen molar-refractivity contribution in [2.75, 3.05) is 39.1 Å². The van der Waals surface area contributed by atoms with Crippen LogP contribution in [0.15, 0.2) is 0 Å². The number of anilines is 1. The lowest BCUT2D eigenvalue weighted by Crippen LogP contribution is -2.25. The number of hydrogen-bond acceptors (Lipinski definition) is 3. The topological polar surface area (TPSA) is 24.3 Å².